The molecule has 0 bridgehead atoms. The molecule has 2 saturated heterocycles. The highest BCUT2D eigenvalue weighted by Crippen LogP contribution is 2.35. The molecule has 3 aromatic rings. The lowest BCUT2D eigenvalue weighted by Gasteiger charge is -2.36. The number of halogens is 2. The van der Waals surface area contributed by atoms with E-state index < -0.39 is 0 Å². The van der Waals surface area contributed by atoms with Gasteiger partial charge in [-0.1, -0.05) is 53.5 Å². The fraction of sp³-hybridized carbons (Fsp3) is 0.400. The monoisotopic (exact) mass is 468 g/mol. The van der Waals surface area contributed by atoms with Crippen LogP contribution in [0.2, 0.25) is 10.0 Å². The van der Waals surface area contributed by atoms with Crippen molar-refractivity contribution in [3.05, 3.63) is 52.5 Å². The summed E-state index contributed by atoms with van der Waals surface area (Å²) in [6.45, 7) is 3.47. The Labute approximate surface area is 198 Å². The maximum absolute atomic E-state index is 12.9. The van der Waals surface area contributed by atoms with Gasteiger partial charge in [-0.2, -0.15) is 0 Å². The summed E-state index contributed by atoms with van der Waals surface area (Å²) in [4.78, 5) is 17.3. The highest BCUT2D eigenvalue weighted by atomic mass is 35.5. The number of anilines is 1. The number of benzene rings is 2. The van der Waals surface area contributed by atoms with Crippen LogP contribution in [0.25, 0.3) is 22.0 Å². The van der Waals surface area contributed by atoms with Crippen molar-refractivity contribution in [2.45, 2.75) is 32.1 Å². The van der Waals surface area contributed by atoms with Gasteiger partial charge in [0.05, 0.1) is 10.0 Å². The Morgan fingerprint density at radius 3 is 2.28 bits per heavy atom. The van der Waals surface area contributed by atoms with Gasteiger partial charge in [-0.3, -0.25) is 4.79 Å². The van der Waals surface area contributed by atoms with Crippen molar-refractivity contribution in [3.8, 4) is 11.3 Å². The van der Waals surface area contributed by atoms with E-state index in [4.69, 9.17) is 23.2 Å². The van der Waals surface area contributed by atoms with E-state index in [1.165, 1.54) is 6.42 Å². The van der Waals surface area contributed by atoms with Crippen molar-refractivity contribution in [2.75, 3.05) is 31.1 Å². The summed E-state index contributed by atoms with van der Waals surface area (Å²) in [5.41, 5.74) is 1.68. The molecule has 0 N–H and O–H groups in total. The molecule has 1 amide bonds. The predicted octanol–water partition coefficient (Wildman–Crippen LogP) is 5.83. The van der Waals surface area contributed by atoms with Crippen LogP contribution in [0.15, 0.2) is 42.5 Å². The number of likely N-dealkylation sites (tertiary alicyclic amines) is 1. The molecular formula is C25H26Cl2N4O. The third-order valence-corrected chi connectivity index (χ3v) is 7.41. The van der Waals surface area contributed by atoms with E-state index in [-0.39, 0.29) is 5.92 Å². The van der Waals surface area contributed by atoms with Crippen molar-refractivity contribution in [1.82, 2.24) is 15.1 Å². The van der Waals surface area contributed by atoms with E-state index in [1.54, 1.807) is 6.07 Å². The summed E-state index contributed by atoms with van der Waals surface area (Å²) in [6.07, 6.45) is 5.24. The van der Waals surface area contributed by atoms with Crippen molar-refractivity contribution in [2.24, 2.45) is 5.92 Å². The quantitative estimate of drug-likeness (QED) is 0.484. The largest absolute Gasteiger partial charge is 0.355 e. The van der Waals surface area contributed by atoms with Gasteiger partial charge in [0.15, 0.2) is 5.82 Å². The van der Waals surface area contributed by atoms with Crippen LogP contribution in [-0.2, 0) is 4.79 Å². The molecule has 0 spiro atoms. The molecule has 0 aliphatic carbocycles. The number of fused-ring (bicyclic) bond motifs is 1. The van der Waals surface area contributed by atoms with Crippen LogP contribution in [0, 0.1) is 5.92 Å². The van der Waals surface area contributed by atoms with E-state index in [9.17, 15) is 4.79 Å². The average molecular weight is 469 g/mol. The van der Waals surface area contributed by atoms with Crippen LogP contribution < -0.4 is 4.90 Å². The second kappa shape index (κ2) is 9.24. The minimum atomic E-state index is 0.124. The maximum atomic E-state index is 12.9. The first kappa shape index (κ1) is 21.5. The Balaban J connectivity index is 1.38. The van der Waals surface area contributed by atoms with Gasteiger partial charge in [-0.15, -0.1) is 10.2 Å². The lowest BCUT2D eigenvalue weighted by atomic mass is 9.94. The van der Waals surface area contributed by atoms with E-state index in [0.29, 0.717) is 16.0 Å². The minimum absolute atomic E-state index is 0.124. The van der Waals surface area contributed by atoms with Gasteiger partial charge in [0.2, 0.25) is 5.91 Å². The topological polar surface area (TPSA) is 49.3 Å². The highest BCUT2D eigenvalue weighted by Gasteiger charge is 2.30. The Morgan fingerprint density at radius 1 is 0.844 bits per heavy atom. The lowest BCUT2D eigenvalue weighted by Crippen LogP contribution is -2.44. The Hall–Kier alpha value is -2.37. The van der Waals surface area contributed by atoms with Crippen LogP contribution in [0.4, 0.5) is 5.82 Å². The van der Waals surface area contributed by atoms with E-state index >= 15 is 0 Å². The second-order valence-electron chi connectivity index (χ2n) is 8.69. The first-order valence-electron chi connectivity index (χ1n) is 11.4. The molecule has 5 nitrogen and oxygen atoms in total. The molecule has 0 atom stereocenters. The number of hydrogen-bond acceptors (Lipinski definition) is 4. The van der Waals surface area contributed by atoms with Gasteiger partial charge in [0.1, 0.15) is 5.69 Å². The first-order chi connectivity index (χ1) is 15.6. The zero-order valence-electron chi connectivity index (χ0n) is 17.9. The normalized spacial score (nSPS) is 17.7. The van der Waals surface area contributed by atoms with Crippen LogP contribution in [-0.4, -0.2) is 47.2 Å². The number of aromatic nitrogens is 2. The Morgan fingerprint density at radius 2 is 1.56 bits per heavy atom. The predicted molar refractivity (Wildman–Crippen MR) is 130 cm³/mol. The zero-order valence-corrected chi connectivity index (χ0v) is 19.4. The fourth-order valence-electron chi connectivity index (χ4n) is 4.89. The molecule has 2 aliphatic heterocycles. The van der Waals surface area contributed by atoms with Crippen LogP contribution >= 0.6 is 23.2 Å². The number of carbonyl (C=O) groups excluding carboxylic acids is 1. The molecular weight excluding hydrogens is 443 g/mol. The third kappa shape index (κ3) is 4.16. The molecule has 2 fully saturated rings. The highest BCUT2D eigenvalue weighted by molar-refractivity contribution is 6.42. The zero-order chi connectivity index (χ0) is 22.1. The van der Waals surface area contributed by atoms with Gasteiger partial charge < -0.3 is 9.80 Å². The van der Waals surface area contributed by atoms with Crippen LogP contribution in [0.1, 0.15) is 32.1 Å². The van der Waals surface area contributed by atoms with Crippen molar-refractivity contribution >= 4 is 45.7 Å². The number of nitrogens with zero attached hydrogens (tertiary/aromatic N) is 4. The summed E-state index contributed by atoms with van der Waals surface area (Å²) in [7, 11) is 0. The average Bonchev–Trinajstić information content (AvgIpc) is 2.85. The summed E-state index contributed by atoms with van der Waals surface area (Å²) >= 11 is 12.3. The Kier molecular flexibility index (Phi) is 6.20. The molecule has 32 heavy (non-hydrogen) atoms. The van der Waals surface area contributed by atoms with Gasteiger partial charge in [0, 0.05) is 48.4 Å². The van der Waals surface area contributed by atoms with Gasteiger partial charge >= 0.3 is 0 Å². The maximum Gasteiger partial charge on any atom is 0.225 e. The number of amides is 1. The summed E-state index contributed by atoms with van der Waals surface area (Å²) in [6, 6.07) is 13.7. The lowest BCUT2D eigenvalue weighted by molar-refractivity contribution is -0.137. The molecule has 0 radical (unpaired) electrons. The minimum Gasteiger partial charge on any atom is -0.355 e. The molecule has 2 aromatic carbocycles. The number of piperidine rings is 2. The molecule has 3 heterocycles. The van der Waals surface area contributed by atoms with Gasteiger partial charge in [0.25, 0.3) is 0 Å². The van der Waals surface area contributed by atoms with Crippen molar-refractivity contribution in [3.63, 3.8) is 0 Å². The van der Waals surface area contributed by atoms with Crippen LogP contribution in [0.3, 0.4) is 0 Å². The van der Waals surface area contributed by atoms with Crippen molar-refractivity contribution < 1.29 is 4.79 Å². The molecule has 0 saturated carbocycles. The molecule has 0 unspecified atom stereocenters. The standard InChI is InChI=1S/C25H26Cl2N4O/c26-21-9-8-18(16-22(21)27)23-19-6-2-3-7-20(19)24(29-28-23)30-14-10-17(11-15-30)25(32)31-12-4-1-5-13-31/h2-3,6-9,16-17H,1,4-5,10-15H2. The van der Waals surface area contributed by atoms with E-state index in [1.807, 2.05) is 24.3 Å². The Bertz CT molecular complexity index is 1140. The summed E-state index contributed by atoms with van der Waals surface area (Å²) in [5.74, 6) is 1.35. The van der Waals surface area contributed by atoms with Crippen molar-refractivity contribution in [1.29, 1.82) is 0 Å². The van der Waals surface area contributed by atoms with Gasteiger partial charge in [-0.05, 0) is 44.2 Å². The SMILES string of the molecule is O=C(C1CCN(c2nnc(-c3ccc(Cl)c(Cl)c3)c3ccccc23)CC1)N1CCCCC1. The fourth-order valence-corrected chi connectivity index (χ4v) is 5.19. The first-order valence-corrected chi connectivity index (χ1v) is 12.1. The third-order valence-electron chi connectivity index (χ3n) is 6.67. The molecule has 2 aliphatic rings. The molecule has 1 aromatic heterocycles. The summed E-state index contributed by atoms with van der Waals surface area (Å²) in [5, 5.41) is 12.3. The van der Waals surface area contributed by atoms with Crippen LogP contribution in [0.5, 0.6) is 0 Å². The number of rotatable bonds is 3. The molecule has 5 rings (SSSR count). The number of carbonyl (C=O) groups is 1. The smallest absolute Gasteiger partial charge is 0.225 e. The summed E-state index contributed by atoms with van der Waals surface area (Å²) < 4.78 is 0. The second-order valence-corrected chi connectivity index (χ2v) is 9.51. The van der Waals surface area contributed by atoms with Gasteiger partial charge in [-0.25, -0.2) is 0 Å². The van der Waals surface area contributed by atoms with E-state index in [2.05, 4.69) is 32.1 Å². The van der Waals surface area contributed by atoms with E-state index in [0.717, 1.165) is 79.7 Å². The number of hydrogen-bond donors (Lipinski definition) is 0. The molecule has 166 valence electrons. The molecule has 7 heteroatoms.